The Bertz CT molecular complexity index is 511. The number of rotatable bonds is 25. The van der Waals surface area contributed by atoms with Crippen molar-refractivity contribution in [2.24, 2.45) is 0 Å². The van der Waals surface area contributed by atoms with Gasteiger partial charge >= 0.3 is 0 Å². The molecule has 1 aliphatic heterocycles. The highest BCUT2D eigenvalue weighted by Crippen LogP contribution is 2.21. The molecule has 0 aromatic carbocycles. The minimum Gasteiger partial charge on any atom is -0.394 e. The third-order valence-corrected chi connectivity index (χ3v) is 7.31. The molecule has 0 spiro atoms. The zero-order chi connectivity index (χ0) is 28.3. The number of carbonyl (C=O) groups is 1. The second-order valence-corrected chi connectivity index (χ2v) is 10.7. The molecule has 3 N–H and O–H groups in total. The van der Waals surface area contributed by atoms with Crippen molar-refractivity contribution in [3.8, 4) is 0 Å². The van der Waals surface area contributed by atoms with E-state index < -0.39 is 24.3 Å². The van der Waals surface area contributed by atoms with E-state index in [4.69, 9.17) is 22.4 Å². The van der Waals surface area contributed by atoms with Crippen molar-refractivity contribution in [1.82, 2.24) is 5.32 Å². The number of hydrogen-bond acceptors (Lipinski definition) is 5. The Kier molecular flexibility index (Phi) is 27.5. The third-order valence-electron chi connectivity index (χ3n) is 7.31. The fraction of sp³-hybridized carbons (Fsp3) is 0.968. The van der Waals surface area contributed by atoms with Crippen molar-refractivity contribution in [2.45, 2.75) is 174 Å². The first-order chi connectivity index (χ1) is 18.6. The average molecular weight is 540 g/mol. The number of aliphatic hydroxyl groups excluding tert-OH is 2. The summed E-state index contributed by atoms with van der Waals surface area (Å²) in [5.41, 5.74) is 0. The molecule has 0 aliphatic carbocycles. The van der Waals surface area contributed by atoms with Crippen LogP contribution >= 0.6 is 0 Å². The summed E-state index contributed by atoms with van der Waals surface area (Å²) < 4.78 is 10.6. The van der Waals surface area contributed by atoms with Crippen LogP contribution in [0.2, 0.25) is 0 Å². The molecular formula is C31H62BNO5. The van der Waals surface area contributed by atoms with Crippen LogP contribution in [-0.2, 0) is 14.3 Å². The molecule has 1 rings (SSSR count). The highest BCUT2D eigenvalue weighted by Gasteiger charge is 2.41. The molecule has 6 nitrogen and oxygen atoms in total. The van der Waals surface area contributed by atoms with Crippen LogP contribution in [0.5, 0.6) is 0 Å². The smallest absolute Gasteiger partial charge is 0.246 e. The zero-order valence-corrected chi connectivity index (χ0v) is 25.3. The van der Waals surface area contributed by atoms with Gasteiger partial charge in [-0.3, -0.25) is 4.79 Å². The highest BCUT2D eigenvalue weighted by atomic mass is 16.6. The standard InChI is InChI=1S/C29H56BNO5.C2H6/c1-2-3-4-5-6-7-8-9-10-11-12-13-14-15-16-17-18-19-20-21-22-31-26(33)24-35-28-27(34)25(23-32)36-29(28)30;1-2/h25,27-29,32,34H,2-24H2,1H3,(H,31,33);1-2H3. The van der Waals surface area contributed by atoms with E-state index in [9.17, 15) is 9.90 Å². The molecule has 1 heterocycles. The van der Waals surface area contributed by atoms with Crippen LogP contribution in [0.25, 0.3) is 0 Å². The lowest BCUT2D eigenvalue weighted by molar-refractivity contribution is -0.129. The quantitative estimate of drug-likeness (QED) is 0.0901. The fourth-order valence-electron chi connectivity index (χ4n) is 4.94. The number of aliphatic hydroxyl groups is 2. The molecule has 2 radical (unpaired) electrons. The number of carbonyl (C=O) groups excluding carboxylic acids is 1. The Morgan fingerprint density at radius 1 is 0.763 bits per heavy atom. The fourth-order valence-corrected chi connectivity index (χ4v) is 4.94. The normalized spacial score (nSPS) is 20.8. The summed E-state index contributed by atoms with van der Waals surface area (Å²) >= 11 is 0. The minimum absolute atomic E-state index is 0.171. The SMILES string of the molecule is CC.[B]C1OC(CO)C(O)C1OCC(=O)NCCCCCCCCCCCCCCCCCCCCCC. The first-order valence-electron chi connectivity index (χ1n) is 16.2. The first-order valence-corrected chi connectivity index (χ1v) is 16.2. The summed E-state index contributed by atoms with van der Waals surface area (Å²) in [4.78, 5) is 11.9. The van der Waals surface area contributed by atoms with Crippen LogP contribution in [0, 0.1) is 0 Å². The maximum absolute atomic E-state index is 11.9. The van der Waals surface area contributed by atoms with Crippen LogP contribution in [0.1, 0.15) is 149 Å². The van der Waals surface area contributed by atoms with Gasteiger partial charge in [0.15, 0.2) is 0 Å². The van der Waals surface area contributed by atoms with Gasteiger partial charge in [0.05, 0.1) is 6.61 Å². The van der Waals surface area contributed by atoms with E-state index in [1.165, 1.54) is 116 Å². The van der Waals surface area contributed by atoms with E-state index in [1.807, 2.05) is 13.8 Å². The summed E-state index contributed by atoms with van der Waals surface area (Å²) in [6.07, 6.45) is 24.5. The van der Waals surface area contributed by atoms with Gasteiger partial charge in [0.2, 0.25) is 5.91 Å². The molecule has 224 valence electrons. The Morgan fingerprint density at radius 3 is 1.53 bits per heavy atom. The summed E-state index contributed by atoms with van der Waals surface area (Å²) in [5, 5.41) is 21.9. The molecule has 0 aromatic heterocycles. The van der Waals surface area contributed by atoms with Gasteiger partial charge in [0.1, 0.15) is 32.8 Å². The van der Waals surface area contributed by atoms with Gasteiger partial charge in [-0.2, -0.15) is 0 Å². The molecular weight excluding hydrogens is 477 g/mol. The molecule has 4 unspecified atom stereocenters. The first kappa shape index (κ1) is 37.4. The van der Waals surface area contributed by atoms with Crippen LogP contribution in [0.15, 0.2) is 0 Å². The molecule has 1 aliphatic rings. The van der Waals surface area contributed by atoms with Crippen LogP contribution in [0.4, 0.5) is 0 Å². The molecule has 0 saturated carbocycles. The van der Waals surface area contributed by atoms with E-state index >= 15 is 0 Å². The largest absolute Gasteiger partial charge is 0.394 e. The molecule has 1 amide bonds. The van der Waals surface area contributed by atoms with Crippen molar-refractivity contribution in [3.05, 3.63) is 0 Å². The predicted octanol–water partition coefficient (Wildman–Crippen LogP) is 6.58. The zero-order valence-electron chi connectivity index (χ0n) is 25.3. The van der Waals surface area contributed by atoms with Crippen LogP contribution in [-0.4, -0.2) is 68.0 Å². The second-order valence-electron chi connectivity index (χ2n) is 10.7. The van der Waals surface area contributed by atoms with Crippen LogP contribution in [0.3, 0.4) is 0 Å². The third kappa shape index (κ3) is 20.3. The maximum atomic E-state index is 11.9. The molecule has 7 heteroatoms. The number of amides is 1. The van der Waals surface area contributed by atoms with E-state index in [0.29, 0.717) is 6.54 Å². The number of nitrogens with one attached hydrogen (secondary N) is 1. The Balaban J connectivity index is 0.00000667. The van der Waals surface area contributed by atoms with Crippen LogP contribution < -0.4 is 5.32 Å². The van der Waals surface area contributed by atoms with Gasteiger partial charge in [-0.1, -0.05) is 143 Å². The predicted molar refractivity (Wildman–Crippen MR) is 160 cm³/mol. The van der Waals surface area contributed by atoms with E-state index in [1.54, 1.807) is 0 Å². The van der Waals surface area contributed by atoms with E-state index in [-0.39, 0.29) is 19.1 Å². The maximum Gasteiger partial charge on any atom is 0.246 e. The second kappa shape index (κ2) is 27.9. The topological polar surface area (TPSA) is 88.0 Å². The van der Waals surface area contributed by atoms with Gasteiger partial charge in [-0.15, -0.1) is 0 Å². The summed E-state index contributed by atoms with van der Waals surface area (Å²) in [5.74, 6) is -0.223. The monoisotopic (exact) mass is 539 g/mol. The Labute approximate surface area is 236 Å². The molecule has 4 atom stereocenters. The van der Waals surface area contributed by atoms with Gasteiger partial charge in [0, 0.05) is 12.5 Å². The molecule has 38 heavy (non-hydrogen) atoms. The minimum atomic E-state index is -1.03. The average Bonchev–Trinajstić information content (AvgIpc) is 3.21. The number of ether oxygens (including phenoxy) is 2. The van der Waals surface area contributed by atoms with Crippen molar-refractivity contribution in [1.29, 1.82) is 0 Å². The van der Waals surface area contributed by atoms with Gasteiger partial charge in [0.25, 0.3) is 0 Å². The lowest BCUT2D eigenvalue weighted by Gasteiger charge is -2.18. The molecule has 1 fully saturated rings. The van der Waals surface area contributed by atoms with Crippen molar-refractivity contribution < 1.29 is 24.5 Å². The van der Waals surface area contributed by atoms with Crippen molar-refractivity contribution in [2.75, 3.05) is 19.8 Å². The number of unbranched alkanes of at least 4 members (excludes halogenated alkanes) is 19. The van der Waals surface area contributed by atoms with Gasteiger partial charge in [-0.05, 0) is 6.42 Å². The molecule has 0 bridgehead atoms. The lowest BCUT2D eigenvalue weighted by atomic mass is 9.93. The highest BCUT2D eigenvalue weighted by molar-refractivity contribution is 6.11. The van der Waals surface area contributed by atoms with Gasteiger partial charge < -0.3 is 25.0 Å². The summed E-state index contributed by atoms with van der Waals surface area (Å²) in [6, 6.07) is -0.838. The Hall–Kier alpha value is -0.625. The number of hydrogen-bond donors (Lipinski definition) is 3. The summed E-state index contributed by atoms with van der Waals surface area (Å²) in [6.45, 7) is 6.41. The molecule has 0 aromatic rings. The lowest BCUT2D eigenvalue weighted by Crippen LogP contribution is -2.39. The van der Waals surface area contributed by atoms with E-state index in [2.05, 4.69) is 12.2 Å². The Morgan fingerprint density at radius 2 is 1.16 bits per heavy atom. The van der Waals surface area contributed by atoms with E-state index in [0.717, 1.165) is 12.8 Å². The van der Waals surface area contributed by atoms with Gasteiger partial charge in [-0.25, -0.2) is 0 Å². The summed E-state index contributed by atoms with van der Waals surface area (Å²) in [7, 11) is 5.73. The molecule has 1 saturated heterocycles. The van der Waals surface area contributed by atoms with Crippen molar-refractivity contribution in [3.63, 3.8) is 0 Å². The van der Waals surface area contributed by atoms with Crippen molar-refractivity contribution >= 4 is 13.8 Å².